The Kier molecular flexibility index (Phi) is 5.61. The van der Waals surface area contributed by atoms with Gasteiger partial charge in [0, 0.05) is 41.8 Å². The summed E-state index contributed by atoms with van der Waals surface area (Å²) in [6.07, 6.45) is 10.7. The molecule has 7 heteroatoms. The zero-order valence-electron chi connectivity index (χ0n) is 21.7. The maximum atomic E-state index is 13.0. The number of benzene rings is 1. The van der Waals surface area contributed by atoms with Gasteiger partial charge in [0.15, 0.2) is 0 Å². The average Bonchev–Trinajstić information content (AvgIpc) is 3.60. The molecule has 4 atom stereocenters. The Balaban J connectivity index is 1.02. The number of anilines is 1. The van der Waals surface area contributed by atoms with E-state index in [9.17, 15) is 14.4 Å². The fraction of sp³-hybridized carbons (Fsp3) is 0.690. The van der Waals surface area contributed by atoms with Gasteiger partial charge in [0.25, 0.3) is 5.91 Å². The summed E-state index contributed by atoms with van der Waals surface area (Å²) in [5.74, 6) is 0.871. The van der Waals surface area contributed by atoms with Gasteiger partial charge < -0.3 is 20.9 Å². The zero-order chi connectivity index (χ0) is 25.1. The van der Waals surface area contributed by atoms with Crippen molar-refractivity contribution in [2.75, 3.05) is 18.4 Å². The first kappa shape index (κ1) is 23.8. The second-order valence-corrected chi connectivity index (χ2v) is 13.4. The summed E-state index contributed by atoms with van der Waals surface area (Å²) in [7, 11) is 0. The van der Waals surface area contributed by atoms with E-state index in [1.807, 2.05) is 17.0 Å². The minimum atomic E-state index is -0.144. The SMILES string of the molecule is C[C@]12CC3CC(NC(=O)Nc4ccc(C(=O)N5CCC(C(=O)NC6CC6)CC5)cc4)(C1)C[C@@](C)(C3)C2. The summed E-state index contributed by atoms with van der Waals surface area (Å²) in [5, 5.41) is 9.47. The van der Waals surface area contributed by atoms with Gasteiger partial charge in [-0.2, -0.15) is 0 Å². The number of amides is 4. The number of hydrogen-bond donors (Lipinski definition) is 3. The highest BCUT2D eigenvalue weighted by atomic mass is 16.2. The molecule has 36 heavy (non-hydrogen) atoms. The van der Waals surface area contributed by atoms with Crippen LogP contribution in [0.4, 0.5) is 10.5 Å². The van der Waals surface area contributed by atoms with Gasteiger partial charge >= 0.3 is 6.03 Å². The number of carbonyl (C=O) groups excluding carboxylic acids is 3. The van der Waals surface area contributed by atoms with Gasteiger partial charge in [-0.15, -0.1) is 0 Å². The Bertz CT molecular complexity index is 1040. The van der Waals surface area contributed by atoms with E-state index in [0.29, 0.717) is 54.1 Å². The van der Waals surface area contributed by atoms with Crippen LogP contribution in [0.3, 0.4) is 0 Å². The molecule has 6 fully saturated rings. The third-order valence-corrected chi connectivity index (χ3v) is 9.47. The van der Waals surface area contributed by atoms with Crippen molar-refractivity contribution < 1.29 is 14.4 Å². The van der Waals surface area contributed by atoms with Crippen molar-refractivity contribution in [1.82, 2.24) is 15.5 Å². The number of hydrogen-bond acceptors (Lipinski definition) is 3. The Morgan fingerprint density at radius 3 is 2.08 bits per heavy atom. The van der Waals surface area contributed by atoms with Gasteiger partial charge in [-0.05, 0) is 105 Å². The van der Waals surface area contributed by atoms with Crippen LogP contribution in [0.15, 0.2) is 24.3 Å². The second kappa shape index (κ2) is 8.49. The van der Waals surface area contributed by atoms with Crippen LogP contribution in [-0.2, 0) is 4.79 Å². The molecule has 0 aromatic heterocycles. The summed E-state index contributed by atoms with van der Waals surface area (Å²) < 4.78 is 0. The van der Waals surface area contributed by atoms with E-state index in [-0.39, 0.29) is 29.3 Å². The summed E-state index contributed by atoms with van der Waals surface area (Å²) in [6.45, 7) is 6.02. The molecule has 1 aliphatic heterocycles. The van der Waals surface area contributed by atoms with Crippen molar-refractivity contribution in [1.29, 1.82) is 0 Å². The molecule has 1 heterocycles. The number of nitrogens with zero attached hydrogens (tertiary/aromatic N) is 1. The second-order valence-electron chi connectivity index (χ2n) is 13.4. The molecule has 1 aromatic carbocycles. The average molecular weight is 493 g/mol. The van der Waals surface area contributed by atoms with Gasteiger partial charge in [-0.1, -0.05) is 13.8 Å². The van der Waals surface area contributed by atoms with Gasteiger partial charge in [0.2, 0.25) is 5.91 Å². The lowest BCUT2D eigenvalue weighted by Gasteiger charge is -2.65. The minimum absolute atomic E-state index is 0.0119. The van der Waals surface area contributed by atoms with Crippen molar-refractivity contribution >= 4 is 23.5 Å². The number of rotatable bonds is 5. The Morgan fingerprint density at radius 1 is 0.861 bits per heavy atom. The number of piperidine rings is 1. The van der Waals surface area contributed by atoms with Crippen LogP contribution < -0.4 is 16.0 Å². The predicted molar refractivity (Wildman–Crippen MR) is 139 cm³/mol. The van der Waals surface area contributed by atoms with E-state index in [1.165, 1.54) is 19.3 Å². The van der Waals surface area contributed by atoms with Crippen molar-refractivity contribution in [2.24, 2.45) is 22.7 Å². The van der Waals surface area contributed by atoms with Crippen LogP contribution in [0.2, 0.25) is 0 Å². The third kappa shape index (κ3) is 4.73. The lowest BCUT2D eigenvalue weighted by molar-refractivity contribution is -0.126. The Hall–Kier alpha value is -2.57. The lowest BCUT2D eigenvalue weighted by Crippen LogP contribution is -2.65. The van der Waals surface area contributed by atoms with Crippen LogP contribution >= 0.6 is 0 Å². The molecule has 2 unspecified atom stereocenters. The molecule has 5 saturated carbocycles. The highest BCUT2D eigenvalue weighted by molar-refractivity contribution is 5.96. The van der Waals surface area contributed by atoms with Crippen molar-refractivity contribution in [3.05, 3.63) is 29.8 Å². The standard InChI is InChI=1S/C29H40N4O3/c1-27-13-19-14-28(2,16-27)18-29(15-19,17-27)32-26(36)31-23-5-3-21(4-6-23)25(35)33-11-9-20(10-12-33)24(34)30-22-7-8-22/h3-6,19-20,22H,7-18H2,1-2H3,(H,30,34)(H2,31,32,36)/t19?,27-,28+,29?. The molecule has 194 valence electrons. The van der Waals surface area contributed by atoms with E-state index in [0.717, 1.165) is 38.0 Å². The summed E-state index contributed by atoms with van der Waals surface area (Å²) >= 11 is 0. The number of carbonyl (C=O) groups is 3. The molecule has 0 spiro atoms. The van der Waals surface area contributed by atoms with E-state index in [1.54, 1.807) is 12.1 Å². The summed E-state index contributed by atoms with van der Waals surface area (Å²) in [4.78, 5) is 40.1. The molecule has 1 saturated heterocycles. The molecule has 1 aromatic rings. The van der Waals surface area contributed by atoms with Crippen molar-refractivity contribution in [2.45, 2.75) is 89.6 Å². The fourth-order valence-electron chi connectivity index (χ4n) is 8.76. The maximum Gasteiger partial charge on any atom is 0.319 e. The molecule has 5 aliphatic carbocycles. The first-order valence-corrected chi connectivity index (χ1v) is 13.9. The highest BCUT2D eigenvalue weighted by Crippen LogP contribution is 2.66. The lowest BCUT2D eigenvalue weighted by atomic mass is 9.43. The quantitative estimate of drug-likeness (QED) is 0.557. The van der Waals surface area contributed by atoms with Crippen molar-refractivity contribution in [3.8, 4) is 0 Å². The number of urea groups is 1. The largest absolute Gasteiger partial charge is 0.353 e. The van der Waals surface area contributed by atoms with Crippen LogP contribution in [0.1, 0.15) is 88.4 Å². The summed E-state index contributed by atoms with van der Waals surface area (Å²) in [5.41, 5.74) is 1.91. The molecular weight excluding hydrogens is 452 g/mol. The van der Waals surface area contributed by atoms with Crippen molar-refractivity contribution in [3.63, 3.8) is 0 Å². The smallest absolute Gasteiger partial charge is 0.319 e. The van der Waals surface area contributed by atoms with E-state index < -0.39 is 0 Å². The molecule has 7 rings (SSSR count). The normalized spacial score (nSPS) is 35.4. The predicted octanol–water partition coefficient (Wildman–Crippen LogP) is 4.69. The Labute approximate surface area is 214 Å². The molecule has 3 N–H and O–H groups in total. The molecule has 4 amide bonds. The van der Waals surface area contributed by atoms with Crippen LogP contribution in [0, 0.1) is 22.7 Å². The third-order valence-electron chi connectivity index (χ3n) is 9.47. The van der Waals surface area contributed by atoms with Gasteiger partial charge in [0.1, 0.15) is 0 Å². The monoisotopic (exact) mass is 492 g/mol. The summed E-state index contributed by atoms with van der Waals surface area (Å²) in [6, 6.07) is 7.43. The molecule has 0 radical (unpaired) electrons. The molecule has 4 bridgehead atoms. The van der Waals surface area contributed by atoms with E-state index >= 15 is 0 Å². The van der Waals surface area contributed by atoms with Gasteiger partial charge in [0.05, 0.1) is 0 Å². The molecule has 7 nitrogen and oxygen atoms in total. The number of nitrogens with one attached hydrogen (secondary N) is 3. The van der Waals surface area contributed by atoms with Crippen LogP contribution in [0.25, 0.3) is 0 Å². The van der Waals surface area contributed by atoms with Crippen LogP contribution in [-0.4, -0.2) is 47.4 Å². The van der Waals surface area contributed by atoms with E-state index in [2.05, 4.69) is 29.8 Å². The first-order chi connectivity index (χ1) is 17.1. The minimum Gasteiger partial charge on any atom is -0.353 e. The fourth-order valence-corrected chi connectivity index (χ4v) is 8.76. The molecule has 6 aliphatic rings. The van der Waals surface area contributed by atoms with Gasteiger partial charge in [-0.25, -0.2) is 4.79 Å². The Morgan fingerprint density at radius 2 is 1.50 bits per heavy atom. The van der Waals surface area contributed by atoms with E-state index in [4.69, 9.17) is 0 Å². The zero-order valence-corrected chi connectivity index (χ0v) is 21.7. The molecular formula is C29H40N4O3. The topological polar surface area (TPSA) is 90.5 Å². The highest BCUT2D eigenvalue weighted by Gasteiger charge is 2.60. The van der Waals surface area contributed by atoms with Gasteiger partial charge in [-0.3, -0.25) is 9.59 Å². The first-order valence-electron chi connectivity index (χ1n) is 13.9. The number of likely N-dealkylation sites (tertiary alicyclic amines) is 1. The van der Waals surface area contributed by atoms with Crippen LogP contribution in [0.5, 0.6) is 0 Å². The maximum absolute atomic E-state index is 13.0.